The van der Waals surface area contributed by atoms with Crippen molar-refractivity contribution in [3.63, 3.8) is 0 Å². The zero-order chi connectivity index (χ0) is 19.5. The van der Waals surface area contributed by atoms with E-state index in [4.69, 9.17) is 0 Å². The first kappa shape index (κ1) is 19.9. The highest BCUT2D eigenvalue weighted by atomic mass is 32.2. The number of rotatable bonds is 7. The topological polar surface area (TPSA) is 83.5 Å². The minimum atomic E-state index is -3.71. The molecule has 2 aromatic rings. The summed E-state index contributed by atoms with van der Waals surface area (Å²) in [5.41, 5.74) is 0.817. The Morgan fingerprint density at radius 3 is 2.00 bits per heavy atom. The fraction of sp³-hybridized carbons (Fsp3) is 0.333. The standard InChI is InChI=1S/C18H21FN2O4S2/c19-16-5-9-17(10-6-16)26(22,23)20-12-11-15-3-7-18(8-4-15)27(24,25)21-13-1-2-14-21/h3-10,20H,1-2,11-14H2. The van der Waals surface area contributed by atoms with Gasteiger partial charge in [-0.3, -0.25) is 0 Å². The van der Waals surface area contributed by atoms with Crippen molar-refractivity contribution in [2.24, 2.45) is 0 Å². The van der Waals surface area contributed by atoms with Crippen LogP contribution in [0.1, 0.15) is 18.4 Å². The van der Waals surface area contributed by atoms with E-state index in [1.54, 1.807) is 24.3 Å². The molecular formula is C18H21FN2O4S2. The summed E-state index contributed by atoms with van der Waals surface area (Å²) in [4.78, 5) is 0.246. The molecule has 0 aromatic heterocycles. The molecule has 1 saturated heterocycles. The number of nitrogens with one attached hydrogen (secondary N) is 1. The van der Waals surface area contributed by atoms with Crippen LogP contribution in [-0.4, -0.2) is 40.8 Å². The molecule has 3 rings (SSSR count). The Morgan fingerprint density at radius 1 is 0.852 bits per heavy atom. The average molecular weight is 413 g/mol. The second kappa shape index (κ2) is 8.05. The molecule has 0 saturated carbocycles. The summed E-state index contributed by atoms with van der Waals surface area (Å²) >= 11 is 0. The molecule has 1 heterocycles. The number of hydrogen-bond donors (Lipinski definition) is 1. The molecule has 0 atom stereocenters. The van der Waals surface area contributed by atoms with Gasteiger partial charge in [-0.2, -0.15) is 4.31 Å². The van der Waals surface area contributed by atoms with Crippen LogP contribution in [0.15, 0.2) is 58.3 Å². The van der Waals surface area contributed by atoms with Gasteiger partial charge in [-0.25, -0.2) is 25.9 Å². The summed E-state index contributed by atoms with van der Waals surface area (Å²) in [5.74, 6) is -0.502. The molecule has 0 radical (unpaired) electrons. The number of nitrogens with zero attached hydrogens (tertiary/aromatic N) is 1. The van der Waals surface area contributed by atoms with Gasteiger partial charge in [-0.1, -0.05) is 12.1 Å². The van der Waals surface area contributed by atoms with Crippen molar-refractivity contribution in [1.29, 1.82) is 0 Å². The predicted molar refractivity (Wildman–Crippen MR) is 99.7 cm³/mol. The van der Waals surface area contributed by atoms with E-state index in [2.05, 4.69) is 4.72 Å². The van der Waals surface area contributed by atoms with E-state index < -0.39 is 25.9 Å². The Bertz CT molecular complexity index is 983. The van der Waals surface area contributed by atoms with Gasteiger partial charge in [0.05, 0.1) is 9.79 Å². The summed E-state index contributed by atoms with van der Waals surface area (Å²) in [7, 11) is -7.16. The van der Waals surface area contributed by atoms with Crippen LogP contribution >= 0.6 is 0 Å². The van der Waals surface area contributed by atoms with E-state index in [9.17, 15) is 21.2 Å². The highest BCUT2D eigenvalue weighted by Gasteiger charge is 2.26. The first-order chi connectivity index (χ1) is 12.8. The molecule has 27 heavy (non-hydrogen) atoms. The normalized spacial score (nSPS) is 15.9. The predicted octanol–water partition coefficient (Wildman–Crippen LogP) is 2.13. The molecule has 1 N–H and O–H groups in total. The second-order valence-corrected chi connectivity index (χ2v) is 10.1. The third kappa shape index (κ3) is 4.73. The van der Waals surface area contributed by atoms with Crippen LogP contribution in [0.25, 0.3) is 0 Å². The molecule has 0 bridgehead atoms. The minimum Gasteiger partial charge on any atom is -0.211 e. The molecule has 9 heteroatoms. The van der Waals surface area contributed by atoms with Gasteiger partial charge >= 0.3 is 0 Å². The first-order valence-electron chi connectivity index (χ1n) is 8.63. The van der Waals surface area contributed by atoms with E-state index in [-0.39, 0.29) is 16.3 Å². The van der Waals surface area contributed by atoms with Crippen molar-refractivity contribution < 1.29 is 21.2 Å². The monoisotopic (exact) mass is 412 g/mol. The molecular weight excluding hydrogens is 391 g/mol. The van der Waals surface area contributed by atoms with Gasteiger partial charge in [-0.05, 0) is 61.2 Å². The van der Waals surface area contributed by atoms with E-state index >= 15 is 0 Å². The summed E-state index contributed by atoms with van der Waals surface area (Å²) in [5, 5.41) is 0. The Balaban J connectivity index is 1.59. The maximum atomic E-state index is 12.9. The quantitative estimate of drug-likeness (QED) is 0.755. The summed E-state index contributed by atoms with van der Waals surface area (Å²) in [6.45, 7) is 1.25. The number of hydrogen-bond acceptors (Lipinski definition) is 4. The zero-order valence-corrected chi connectivity index (χ0v) is 16.3. The van der Waals surface area contributed by atoms with Crippen molar-refractivity contribution in [1.82, 2.24) is 9.03 Å². The largest absolute Gasteiger partial charge is 0.243 e. The number of sulfonamides is 2. The SMILES string of the molecule is O=S(=O)(NCCc1ccc(S(=O)(=O)N2CCCC2)cc1)c1ccc(F)cc1. The molecule has 1 aliphatic heterocycles. The van der Waals surface area contributed by atoms with Crippen LogP contribution in [0.3, 0.4) is 0 Å². The summed E-state index contributed by atoms with van der Waals surface area (Å²) in [6, 6.07) is 11.1. The molecule has 1 fully saturated rings. The molecule has 1 aliphatic rings. The Hall–Kier alpha value is -1.81. The molecule has 146 valence electrons. The van der Waals surface area contributed by atoms with Crippen LogP contribution in [0.2, 0.25) is 0 Å². The molecule has 0 aliphatic carbocycles. The third-order valence-corrected chi connectivity index (χ3v) is 7.85. The molecule has 0 amide bonds. The highest BCUT2D eigenvalue weighted by Crippen LogP contribution is 2.21. The molecule has 2 aromatic carbocycles. The lowest BCUT2D eigenvalue weighted by atomic mass is 10.2. The Kier molecular flexibility index (Phi) is 5.95. The van der Waals surface area contributed by atoms with Gasteiger partial charge in [-0.15, -0.1) is 0 Å². The fourth-order valence-electron chi connectivity index (χ4n) is 2.93. The van der Waals surface area contributed by atoms with Crippen LogP contribution in [-0.2, 0) is 26.5 Å². The van der Waals surface area contributed by atoms with Crippen LogP contribution in [0.5, 0.6) is 0 Å². The van der Waals surface area contributed by atoms with Gasteiger partial charge < -0.3 is 0 Å². The maximum absolute atomic E-state index is 12.9. The van der Waals surface area contributed by atoms with Crippen LogP contribution in [0, 0.1) is 5.82 Å². The minimum absolute atomic E-state index is 0.00375. The smallest absolute Gasteiger partial charge is 0.211 e. The van der Waals surface area contributed by atoms with Crippen molar-refractivity contribution in [3.8, 4) is 0 Å². The fourth-order valence-corrected chi connectivity index (χ4v) is 5.48. The zero-order valence-electron chi connectivity index (χ0n) is 14.6. The second-order valence-electron chi connectivity index (χ2n) is 6.36. The maximum Gasteiger partial charge on any atom is 0.243 e. The first-order valence-corrected chi connectivity index (χ1v) is 11.6. The number of halogens is 1. The lowest BCUT2D eigenvalue weighted by molar-refractivity contribution is 0.477. The van der Waals surface area contributed by atoms with Crippen molar-refractivity contribution in [3.05, 3.63) is 59.9 Å². The van der Waals surface area contributed by atoms with Crippen molar-refractivity contribution in [2.75, 3.05) is 19.6 Å². The van der Waals surface area contributed by atoms with E-state index in [1.807, 2.05) is 0 Å². The van der Waals surface area contributed by atoms with Crippen LogP contribution < -0.4 is 4.72 Å². The molecule has 0 spiro atoms. The van der Waals surface area contributed by atoms with Crippen LogP contribution in [0.4, 0.5) is 4.39 Å². The van der Waals surface area contributed by atoms with E-state index in [0.29, 0.717) is 19.5 Å². The lowest BCUT2D eigenvalue weighted by Crippen LogP contribution is -2.28. The Labute approximate surface area is 159 Å². The average Bonchev–Trinajstić information content (AvgIpc) is 3.18. The van der Waals surface area contributed by atoms with Gasteiger partial charge in [0.2, 0.25) is 20.0 Å². The van der Waals surface area contributed by atoms with Gasteiger partial charge in [0, 0.05) is 19.6 Å². The lowest BCUT2D eigenvalue weighted by Gasteiger charge is -2.15. The third-order valence-electron chi connectivity index (χ3n) is 4.46. The number of benzene rings is 2. The van der Waals surface area contributed by atoms with Crippen molar-refractivity contribution in [2.45, 2.75) is 29.1 Å². The Morgan fingerprint density at radius 2 is 1.41 bits per heavy atom. The van der Waals surface area contributed by atoms with Gasteiger partial charge in [0.1, 0.15) is 5.82 Å². The van der Waals surface area contributed by atoms with Gasteiger partial charge in [0.15, 0.2) is 0 Å². The van der Waals surface area contributed by atoms with Gasteiger partial charge in [0.25, 0.3) is 0 Å². The van der Waals surface area contributed by atoms with E-state index in [1.165, 1.54) is 16.4 Å². The summed E-state index contributed by atoms with van der Waals surface area (Å²) < 4.78 is 66.1. The summed E-state index contributed by atoms with van der Waals surface area (Å²) in [6.07, 6.45) is 2.17. The highest BCUT2D eigenvalue weighted by molar-refractivity contribution is 7.89. The molecule has 6 nitrogen and oxygen atoms in total. The van der Waals surface area contributed by atoms with Crippen molar-refractivity contribution >= 4 is 20.0 Å². The van der Waals surface area contributed by atoms with E-state index in [0.717, 1.165) is 30.5 Å². The molecule has 0 unspecified atom stereocenters.